The van der Waals surface area contributed by atoms with Crippen molar-refractivity contribution in [2.75, 3.05) is 0 Å². The maximum atomic E-state index is 13.4. The van der Waals surface area contributed by atoms with Gasteiger partial charge in [0.1, 0.15) is 5.82 Å². The zero-order valence-corrected chi connectivity index (χ0v) is 14.7. The summed E-state index contributed by atoms with van der Waals surface area (Å²) in [7, 11) is 0. The molecule has 5 nitrogen and oxygen atoms in total. The monoisotopic (exact) mass is 356 g/mol. The van der Waals surface area contributed by atoms with Crippen molar-refractivity contribution in [2.24, 2.45) is 0 Å². The van der Waals surface area contributed by atoms with Crippen molar-refractivity contribution in [3.63, 3.8) is 0 Å². The molecule has 0 N–H and O–H groups in total. The molecule has 3 aromatic rings. The lowest BCUT2D eigenvalue weighted by Crippen LogP contribution is -2.14. The molecule has 0 aliphatic heterocycles. The van der Waals surface area contributed by atoms with Crippen molar-refractivity contribution in [2.45, 2.75) is 30.7 Å². The van der Waals surface area contributed by atoms with E-state index in [-0.39, 0.29) is 16.9 Å². The van der Waals surface area contributed by atoms with Crippen molar-refractivity contribution < 1.29 is 9.18 Å². The number of tetrazole rings is 1. The lowest BCUT2D eigenvalue weighted by atomic mass is 10.1. The Bertz CT molecular complexity index is 879. The molecule has 3 rings (SSSR count). The Morgan fingerprint density at radius 1 is 1.24 bits per heavy atom. The van der Waals surface area contributed by atoms with E-state index in [0.29, 0.717) is 16.4 Å². The van der Waals surface area contributed by atoms with Crippen LogP contribution in [0, 0.1) is 5.82 Å². The summed E-state index contributed by atoms with van der Waals surface area (Å²) < 4.78 is 14.9. The van der Waals surface area contributed by atoms with Gasteiger partial charge in [-0.3, -0.25) is 4.79 Å². The van der Waals surface area contributed by atoms with E-state index in [2.05, 4.69) is 22.4 Å². The first-order valence-corrected chi connectivity index (χ1v) is 8.80. The summed E-state index contributed by atoms with van der Waals surface area (Å²) in [6.45, 7) is 3.88. The molecule has 1 heterocycles. The molecule has 0 aliphatic rings. The summed E-state index contributed by atoms with van der Waals surface area (Å²) >= 11 is 1.25. The van der Waals surface area contributed by atoms with Crippen molar-refractivity contribution in [1.29, 1.82) is 0 Å². The summed E-state index contributed by atoms with van der Waals surface area (Å²) in [6, 6.07) is 13.6. The van der Waals surface area contributed by atoms with Gasteiger partial charge < -0.3 is 0 Å². The minimum absolute atomic E-state index is 0.00134. The summed E-state index contributed by atoms with van der Waals surface area (Å²) in [6.07, 6.45) is 0.932. The third-order valence-electron chi connectivity index (χ3n) is 3.79. The number of Topliss-reactive ketones (excluding diaryl/α,β-unsaturated/α-hetero) is 1. The average Bonchev–Trinajstić information content (AvgIpc) is 3.09. The van der Waals surface area contributed by atoms with Crippen LogP contribution in [0.3, 0.4) is 0 Å². The maximum Gasteiger partial charge on any atom is 0.214 e. The molecule has 0 spiro atoms. The molecule has 0 unspecified atom stereocenters. The number of aryl methyl sites for hydroxylation is 1. The molecule has 0 amide bonds. The predicted molar refractivity (Wildman–Crippen MR) is 94.6 cm³/mol. The van der Waals surface area contributed by atoms with Gasteiger partial charge in [-0.25, -0.2) is 4.39 Å². The molecule has 0 saturated heterocycles. The number of thioether (sulfide) groups is 1. The van der Waals surface area contributed by atoms with Gasteiger partial charge in [-0.1, -0.05) is 49.0 Å². The van der Waals surface area contributed by atoms with E-state index in [9.17, 15) is 9.18 Å². The number of hydrogen-bond acceptors (Lipinski definition) is 5. The standard InChI is InChI=1S/C18H17FN4OS/c1-3-13-7-9-14(10-8-13)17(24)12(2)25-18-20-21-22-23(18)16-6-4-5-15(19)11-16/h4-12H,3H2,1-2H3/t12-/m1/s1. The van der Waals surface area contributed by atoms with Crippen LogP contribution >= 0.6 is 11.8 Å². The first kappa shape index (κ1) is 17.3. The third-order valence-corrected chi connectivity index (χ3v) is 4.82. The Morgan fingerprint density at radius 2 is 2.00 bits per heavy atom. The molecular formula is C18H17FN4OS. The maximum absolute atomic E-state index is 13.4. The van der Waals surface area contributed by atoms with E-state index in [0.717, 1.165) is 6.42 Å². The van der Waals surface area contributed by atoms with E-state index < -0.39 is 0 Å². The van der Waals surface area contributed by atoms with Gasteiger partial charge >= 0.3 is 0 Å². The van der Waals surface area contributed by atoms with Crippen LogP contribution in [0.5, 0.6) is 0 Å². The van der Waals surface area contributed by atoms with E-state index in [1.807, 2.05) is 31.2 Å². The van der Waals surface area contributed by atoms with Crippen LogP contribution < -0.4 is 0 Å². The number of hydrogen-bond donors (Lipinski definition) is 0. The van der Waals surface area contributed by atoms with Crippen molar-refractivity contribution >= 4 is 17.5 Å². The Kier molecular flexibility index (Phi) is 5.23. The zero-order valence-electron chi connectivity index (χ0n) is 13.9. The first-order valence-electron chi connectivity index (χ1n) is 7.92. The van der Waals surface area contributed by atoms with Crippen molar-refractivity contribution in [1.82, 2.24) is 20.2 Å². The molecule has 0 bridgehead atoms. The van der Waals surface area contributed by atoms with Gasteiger partial charge in [-0.05, 0) is 47.5 Å². The highest BCUT2D eigenvalue weighted by atomic mass is 32.2. The Labute approximate surface area is 149 Å². The van der Waals surface area contributed by atoms with Crippen LogP contribution in [0.1, 0.15) is 29.8 Å². The van der Waals surface area contributed by atoms with Gasteiger partial charge in [0.25, 0.3) is 0 Å². The molecule has 7 heteroatoms. The number of rotatable bonds is 6. The number of nitrogens with zero attached hydrogens (tertiary/aromatic N) is 4. The SMILES string of the molecule is CCc1ccc(C(=O)[C@@H](C)Sc2nnnn2-c2cccc(F)c2)cc1. The Hall–Kier alpha value is -2.54. The lowest BCUT2D eigenvalue weighted by molar-refractivity contribution is 0.0994. The molecule has 0 radical (unpaired) electrons. The predicted octanol–water partition coefficient (Wildman–Crippen LogP) is 3.73. The molecule has 128 valence electrons. The Morgan fingerprint density at radius 3 is 2.68 bits per heavy atom. The molecular weight excluding hydrogens is 339 g/mol. The van der Waals surface area contributed by atoms with E-state index in [1.54, 1.807) is 12.1 Å². The van der Waals surface area contributed by atoms with Gasteiger partial charge in [0.15, 0.2) is 5.78 Å². The number of carbonyl (C=O) groups excluding carboxylic acids is 1. The fraction of sp³-hybridized carbons (Fsp3) is 0.222. The molecule has 0 fully saturated rings. The van der Waals surface area contributed by atoms with E-state index in [1.165, 1.54) is 34.1 Å². The number of benzene rings is 2. The molecule has 2 aromatic carbocycles. The summed E-state index contributed by atoms with van der Waals surface area (Å²) in [5.41, 5.74) is 2.35. The fourth-order valence-electron chi connectivity index (χ4n) is 2.37. The Balaban J connectivity index is 1.78. The minimum atomic E-state index is -0.371. The second-order valence-electron chi connectivity index (χ2n) is 5.53. The van der Waals surface area contributed by atoms with Crippen LogP contribution in [0.25, 0.3) is 5.69 Å². The van der Waals surface area contributed by atoms with E-state index in [4.69, 9.17) is 0 Å². The van der Waals surface area contributed by atoms with Crippen LogP contribution in [0.15, 0.2) is 53.7 Å². The molecule has 25 heavy (non-hydrogen) atoms. The highest BCUT2D eigenvalue weighted by Gasteiger charge is 2.20. The number of ketones is 1. The average molecular weight is 356 g/mol. The fourth-order valence-corrected chi connectivity index (χ4v) is 3.26. The van der Waals surface area contributed by atoms with Crippen LogP contribution in [-0.2, 0) is 6.42 Å². The second-order valence-corrected chi connectivity index (χ2v) is 6.84. The summed E-state index contributed by atoms with van der Waals surface area (Å²) in [5.74, 6) is -0.370. The van der Waals surface area contributed by atoms with Crippen molar-refractivity contribution in [3.8, 4) is 5.69 Å². The van der Waals surface area contributed by atoms with Gasteiger partial charge in [-0.2, -0.15) is 4.68 Å². The number of halogens is 1. The second kappa shape index (κ2) is 7.57. The van der Waals surface area contributed by atoms with Gasteiger partial charge in [-0.15, -0.1) is 5.10 Å². The van der Waals surface area contributed by atoms with Gasteiger partial charge in [0.2, 0.25) is 5.16 Å². The largest absolute Gasteiger partial charge is 0.293 e. The summed E-state index contributed by atoms with van der Waals surface area (Å²) in [4.78, 5) is 12.6. The highest BCUT2D eigenvalue weighted by Crippen LogP contribution is 2.25. The van der Waals surface area contributed by atoms with Crippen LogP contribution in [0.4, 0.5) is 4.39 Å². The zero-order chi connectivity index (χ0) is 17.8. The first-order chi connectivity index (χ1) is 12.1. The van der Waals surface area contributed by atoms with Crippen molar-refractivity contribution in [3.05, 3.63) is 65.5 Å². The van der Waals surface area contributed by atoms with E-state index >= 15 is 0 Å². The lowest BCUT2D eigenvalue weighted by Gasteiger charge is -2.10. The molecule has 0 aliphatic carbocycles. The quantitative estimate of drug-likeness (QED) is 0.497. The van der Waals surface area contributed by atoms with Gasteiger partial charge in [0, 0.05) is 5.56 Å². The van der Waals surface area contributed by atoms with Gasteiger partial charge in [0.05, 0.1) is 10.9 Å². The minimum Gasteiger partial charge on any atom is -0.293 e. The normalized spacial score (nSPS) is 12.1. The topological polar surface area (TPSA) is 60.7 Å². The number of aromatic nitrogens is 4. The smallest absolute Gasteiger partial charge is 0.214 e. The number of carbonyl (C=O) groups is 1. The highest BCUT2D eigenvalue weighted by molar-refractivity contribution is 8.00. The molecule has 1 atom stereocenters. The molecule has 1 aromatic heterocycles. The van der Waals surface area contributed by atoms with Crippen LogP contribution in [-0.4, -0.2) is 31.2 Å². The third kappa shape index (κ3) is 3.93. The summed E-state index contributed by atoms with van der Waals surface area (Å²) in [5, 5.41) is 11.6. The van der Waals surface area contributed by atoms with Crippen LogP contribution in [0.2, 0.25) is 0 Å². The molecule has 0 saturated carbocycles.